The highest BCUT2D eigenvalue weighted by Gasteiger charge is 2.47. The molecule has 0 radical (unpaired) electrons. The van der Waals surface area contributed by atoms with Gasteiger partial charge in [0.15, 0.2) is 0 Å². The molecule has 1 aliphatic heterocycles. The Hall–Kier alpha value is -2.63. The van der Waals surface area contributed by atoms with Gasteiger partial charge in [-0.15, -0.1) is 0 Å². The third-order valence-electron chi connectivity index (χ3n) is 5.05. The van der Waals surface area contributed by atoms with Crippen LogP contribution < -0.4 is 15.4 Å². The molecule has 0 atom stereocenters. The largest absolute Gasteiger partial charge is 0.481 e. The van der Waals surface area contributed by atoms with Crippen molar-refractivity contribution in [2.24, 2.45) is 0 Å². The monoisotopic (exact) mass is 324 g/mol. The number of methoxy groups -OCH3 is 1. The second-order valence-electron chi connectivity index (χ2n) is 6.43. The zero-order valence-corrected chi connectivity index (χ0v) is 13.6. The zero-order chi connectivity index (χ0) is 16.6. The molecule has 0 unspecified atom stereocenters. The molecule has 24 heavy (non-hydrogen) atoms. The van der Waals surface area contributed by atoms with E-state index in [-0.39, 0.29) is 11.3 Å². The van der Waals surface area contributed by atoms with E-state index in [1.54, 1.807) is 13.2 Å². The summed E-state index contributed by atoms with van der Waals surface area (Å²) in [6.45, 7) is 0. The molecule has 2 heterocycles. The number of aromatic nitrogens is 2. The van der Waals surface area contributed by atoms with Crippen LogP contribution in [0, 0.1) is 0 Å². The lowest BCUT2D eigenvalue weighted by molar-refractivity contribution is -0.121. The molecule has 1 aromatic heterocycles. The fourth-order valence-electron chi connectivity index (χ4n) is 3.81. The normalized spacial score (nSPS) is 18.1. The maximum atomic E-state index is 12.6. The Morgan fingerprint density at radius 3 is 2.79 bits per heavy atom. The standard InChI is InChI=1S/C18H20N4O2/c1-24-16-10-15(19-11-20-16)21-12-5-6-14-13(9-12)18(17(23)22-14)7-3-2-4-8-18/h5-6,9-11H,2-4,7-8H2,1H3,(H,22,23)(H,19,20,21). The van der Waals surface area contributed by atoms with E-state index in [2.05, 4.69) is 26.7 Å². The maximum absolute atomic E-state index is 12.6. The molecule has 0 bridgehead atoms. The van der Waals surface area contributed by atoms with Gasteiger partial charge in [-0.2, -0.15) is 0 Å². The number of nitrogens with zero attached hydrogens (tertiary/aromatic N) is 2. The highest BCUT2D eigenvalue weighted by atomic mass is 16.5. The van der Waals surface area contributed by atoms with Crippen molar-refractivity contribution >= 4 is 23.1 Å². The van der Waals surface area contributed by atoms with Crippen molar-refractivity contribution in [2.45, 2.75) is 37.5 Å². The maximum Gasteiger partial charge on any atom is 0.235 e. The SMILES string of the molecule is COc1cc(Nc2ccc3c(c2)C2(CCCCC2)C(=O)N3)ncn1. The molecular formula is C18H20N4O2. The van der Waals surface area contributed by atoms with Gasteiger partial charge < -0.3 is 15.4 Å². The Labute approximate surface area is 140 Å². The lowest BCUT2D eigenvalue weighted by Gasteiger charge is -2.31. The second kappa shape index (κ2) is 5.78. The average Bonchev–Trinajstić information content (AvgIpc) is 2.88. The van der Waals surface area contributed by atoms with Crippen LogP contribution in [-0.4, -0.2) is 23.0 Å². The highest BCUT2D eigenvalue weighted by molar-refractivity contribution is 6.06. The summed E-state index contributed by atoms with van der Waals surface area (Å²) >= 11 is 0. The van der Waals surface area contributed by atoms with E-state index in [4.69, 9.17) is 4.74 Å². The van der Waals surface area contributed by atoms with Gasteiger partial charge in [0, 0.05) is 17.4 Å². The van der Waals surface area contributed by atoms with Crippen LogP contribution in [0.4, 0.5) is 17.2 Å². The summed E-state index contributed by atoms with van der Waals surface area (Å²) in [6, 6.07) is 7.74. The number of fused-ring (bicyclic) bond motifs is 2. The van der Waals surface area contributed by atoms with Crippen LogP contribution >= 0.6 is 0 Å². The number of rotatable bonds is 3. The second-order valence-corrected chi connectivity index (χ2v) is 6.43. The molecule has 1 spiro atoms. The summed E-state index contributed by atoms with van der Waals surface area (Å²) in [4.78, 5) is 20.8. The molecule has 1 amide bonds. The molecule has 2 aromatic rings. The van der Waals surface area contributed by atoms with Crippen LogP contribution in [0.15, 0.2) is 30.6 Å². The number of hydrogen-bond acceptors (Lipinski definition) is 5. The first-order valence-corrected chi connectivity index (χ1v) is 8.30. The number of ether oxygens (including phenoxy) is 1. The molecular weight excluding hydrogens is 304 g/mol. The average molecular weight is 324 g/mol. The quantitative estimate of drug-likeness (QED) is 0.905. The summed E-state index contributed by atoms with van der Waals surface area (Å²) in [5.74, 6) is 1.32. The van der Waals surface area contributed by atoms with E-state index < -0.39 is 0 Å². The van der Waals surface area contributed by atoms with E-state index in [0.717, 1.165) is 42.6 Å². The summed E-state index contributed by atoms with van der Waals surface area (Å²) in [6.07, 6.45) is 6.74. The Morgan fingerprint density at radius 2 is 2.00 bits per heavy atom. The molecule has 124 valence electrons. The van der Waals surface area contributed by atoms with Crippen LogP contribution in [-0.2, 0) is 10.2 Å². The lowest BCUT2D eigenvalue weighted by atomic mass is 9.70. The van der Waals surface area contributed by atoms with Crippen molar-refractivity contribution in [1.82, 2.24) is 9.97 Å². The van der Waals surface area contributed by atoms with Gasteiger partial charge in [-0.05, 0) is 36.6 Å². The number of anilines is 3. The van der Waals surface area contributed by atoms with E-state index in [1.807, 2.05) is 12.1 Å². The molecule has 1 fully saturated rings. The van der Waals surface area contributed by atoms with Gasteiger partial charge >= 0.3 is 0 Å². The number of carbonyl (C=O) groups excluding carboxylic acids is 1. The molecule has 4 rings (SSSR count). The Kier molecular flexibility index (Phi) is 3.59. The minimum absolute atomic E-state index is 0.151. The van der Waals surface area contributed by atoms with Crippen LogP contribution in [0.25, 0.3) is 0 Å². The first-order valence-electron chi connectivity index (χ1n) is 8.30. The minimum Gasteiger partial charge on any atom is -0.481 e. The van der Waals surface area contributed by atoms with Gasteiger partial charge in [0.2, 0.25) is 11.8 Å². The topological polar surface area (TPSA) is 76.1 Å². The fourth-order valence-corrected chi connectivity index (χ4v) is 3.81. The minimum atomic E-state index is -0.353. The van der Waals surface area contributed by atoms with Crippen molar-refractivity contribution in [2.75, 3.05) is 17.7 Å². The zero-order valence-electron chi connectivity index (χ0n) is 13.6. The van der Waals surface area contributed by atoms with E-state index in [0.29, 0.717) is 11.7 Å². The third kappa shape index (κ3) is 2.38. The lowest BCUT2D eigenvalue weighted by Crippen LogP contribution is -2.36. The van der Waals surface area contributed by atoms with Crippen LogP contribution in [0.2, 0.25) is 0 Å². The fraction of sp³-hybridized carbons (Fsp3) is 0.389. The van der Waals surface area contributed by atoms with Gasteiger partial charge in [-0.3, -0.25) is 4.79 Å². The number of hydrogen-bond donors (Lipinski definition) is 2. The van der Waals surface area contributed by atoms with E-state index in [1.165, 1.54) is 12.7 Å². The summed E-state index contributed by atoms with van der Waals surface area (Å²) < 4.78 is 5.12. The molecule has 2 N–H and O–H groups in total. The Bertz CT molecular complexity index is 784. The third-order valence-corrected chi connectivity index (χ3v) is 5.05. The van der Waals surface area contributed by atoms with Crippen LogP contribution in [0.1, 0.15) is 37.7 Å². The van der Waals surface area contributed by atoms with Crippen molar-refractivity contribution in [3.8, 4) is 5.88 Å². The van der Waals surface area contributed by atoms with Crippen molar-refractivity contribution < 1.29 is 9.53 Å². The van der Waals surface area contributed by atoms with Crippen molar-refractivity contribution in [3.63, 3.8) is 0 Å². The first kappa shape index (κ1) is 14.9. The van der Waals surface area contributed by atoms with E-state index in [9.17, 15) is 4.79 Å². The van der Waals surface area contributed by atoms with E-state index >= 15 is 0 Å². The molecule has 1 aromatic carbocycles. The Morgan fingerprint density at radius 1 is 1.17 bits per heavy atom. The van der Waals surface area contributed by atoms with Gasteiger partial charge in [-0.1, -0.05) is 19.3 Å². The number of benzene rings is 1. The van der Waals surface area contributed by atoms with Gasteiger partial charge in [0.05, 0.1) is 12.5 Å². The molecule has 2 aliphatic rings. The van der Waals surface area contributed by atoms with Crippen LogP contribution in [0.3, 0.4) is 0 Å². The summed E-state index contributed by atoms with van der Waals surface area (Å²) in [7, 11) is 1.58. The molecule has 1 aliphatic carbocycles. The number of amides is 1. The smallest absolute Gasteiger partial charge is 0.235 e. The van der Waals surface area contributed by atoms with Crippen LogP contribution in [0.5, 0.6) is 5.88 Å². The van der Waals surface area contributed by atoms with Gasteiger partial charge in [-0.25, -0.2) is 9.97 Å². The summed E-state index contributed by atoms with van der Waals surface area (Å²) in [5, 5.41) is 6.33. The molecule has 6 heteroatoms. The molecule has 0 saturated heterocycles. The highest BCUT2D eigenvalue weighted by Crippen LogP contribution is 2.48. The van der Waals surface area contributed by atoms with Crippen molar-refractivity contribution in [1.29, 1.82) is 0 Å². The Balaban J connectivity index is 1.67. The first-order chi connectivity index (χ1) is 11.7. The number of nitrogens with one attached hydrogen (secondary N) is 2. The predicted octanol–water partition coefficient (Wildman–Crippen LogP) is 3.38. The molecule has 6 nitrogen and oxygen atoms in total. The molecule has 1 saturated carbocycles. The van der Waals surface area contributed by atoms with Gasteiger partial charge in [0.1, 0.15) is 12.1 Å². The predicted molar refractivity (Wildman–Crippen MR) is 91.7 cm³/mol. The number of carbonyl (C=O) groups is 1. The summed E-state index contributed by atoms with van der Waals surface area (Å²) in [5.41, 5.74) is 2.61. The van der Waals surface area contributed by atoms with Gasteiger partial charge in [0.25, 0.3) is 0 Å². The van der Waals surface area contributed by atoms with Crippen molar-refractivity contribution in [3.05, 3.63) is 36.2 Å².